The van der Waals surface area contributed by atoms with Crippen LogP contribution in [0.3, 0.4) is 0 Å². The van der Waals surface area contributed by atoms with Gasteiger partial charge in [0.15, 0.2) is 0 Å². The second-order valence-corrected chi connectivity index (χ2v) is 6.25. The van der Waals surface area contributed by atoms with Crippen molar-refractivity contribution in [2.75, 3.05) is 13.1 Å². The molecular formula is C19H19ClN2O2. The molecule has 4 nitrogen and oxygen atoms in total. The van der Waals surface area contributed by atoms with E-state index >= 15 is 0 Å². The summed E-state index contributed by atoms with van der Waals surface area (Å²) in [5.41, 5.74) is 1.90. The van der Waals surface area contributed by atoms with Crippen molar-refractivity contribution in [2.24, 2.45) is 0 Å². The topological polar surface area (TPSA) is 49.4 Å². The van der Waals surface area contributed by atoms with E-state index in [0.717, 1.165) is 11.1 Å². The average Bonchev–Trinajstić information content (AvgIpc) is 2.61. The molecule has 5 heteroatoms. The van der Waals surface area contributed by atoms with Crippen LogP contribution in [0.25, 0.3) is 0 Å². The molecular weight excluding hydrogens is 324 g/mol. The zero-order valence-electron chi connectivity index (χ0n) is 13.2. The summed E-state index contributed by atoms with van der Waals surface area (Å²) >= 11 is 5.92. The molecule has 24 heavy (non-hydrogen) atoms. The predicted octanol–water partition coefficient (Wildman–Crippen LogP) is 2.97. The van der Waals surface area contributed by atoms with Gasteiger partial charge in [0.2, 0.25) is 11.8 Å². The second kappa shape index (κ2) is 7.49. The van der Waals surface area contributed by atoms with Crippen LogP contribution in [0.5, 0.6) is 0 Å². The Bertz CT molecular complexity index is 716. The van der Waals surface area contributed by atoms with Crippen molar-refractivity contribution in [1.29, 1.82) is 0 Å². The minimum Gasteiger partial charge on any atom is -0.352 e. The smallest absolute Gasteiger partial charge is 0.247 e. The standard InChI is InChI=1S/C19H19ClN2O2/c20-16-9-7-15(8-10-16)18-19(24)21-12-13-22(18)17(23)11-6-14-4-2-1-3-5-14/h1-5,7-10,18H,6,11-13H2,(H,21,24). The lowest BCUT2D eigenvalue weighted by Gasteiger charge is -2.35. The van der Waals surface area contributed by atoms with Crippen LogP contribution in [0.2, 0.25) is 5.02 Å². The number of rotatable bonds is 4. The highest BCUT2D eigenvalue weighted by molar-refractivity contribution is 6.30. The molecule has 2 aromatic carbocycles. The van der Waals surface area contributed by atoms with Crippen LogP contribution < -0.4 is 5.32 Å². The molecule has 124 valence electrons. The van der Waals surface area contributed by atoms with Crippen molar-refractivity contribution in [2.45, 2.75) is 18.9 Å². The number of aryl methyl sites for hydroxylation is 1. The first kappa shape index (κ1) is 16.5. The maximum absolute atomic E-state index is 12.7. The lowest BCUT2D eigenvalue weighted by molar-refractivity contribution is -0.143. The molecule has 1 heterocycles. The van der Waals surface area contributed by atoms with E-state index in [9.17, 15) is 9.59 Å². The van der Waals surface area contributed by atoms with E-state index in [1.807, 2.05) is 30.3 Å². The summed E-state index contributed by atoms with van der Waals surface area (Å²) in [5, 5.41) is 3.45. The number of benzene rings is 2. The van der Waals surface area contributed by atoms with E-state index in [1.165, 1.54) is 0 Å². The molecule has 0 aliphatic carbocycles. The minimum atomic E-state index is -0.584. The van der Waals surface area contributed by atoms with E-state index in [2.05, 4.69) is 5.32 Å². The van der Waals surface area contributed by atoms with Crippen LogP contribution in [0, 0.1) is 0 Å². The molecule has 1 atom stereocenters. The Labute approximate surface area is 146 Å². The van der Waals surface area contributed by atoms with E-state index in [-0.39, 0.29) is 11.8 Å². The summed E-state index contributed by atoms with van der Waals surface area (Å²) < 4.78 is 0. The number of nitrogens with zero attached hydrogens (tertiary/aromatic N) is 1. The molecule has 1 unspecified atom stereocenters. The van der Waals surface area contributed by atoms with Gasteiger partial charge in [-0.15, -0.1) is 0 Å². The number of halogens is 1. The average molecular weight is 343 g/mol. The van der Waals surface area contributed by atoms with Crippen LogP contribution in [-0.2, 0) is 16.0 Å². The predicted molar refractivity (Wildman–Crippen MR) is 93.7 cm³/mol. The highest BCUT2D eigenvalue weighted by Crippen LogP contribution is 2.25. The first-order valence-electron chi connectivity index (χ1n) is 8.02. The van der Waals surface area contributed by atoms with Crippen LogP contribution >= 0.6 is 11.6 Å². The zero-order valence-corrected chi connectivity index (χ0v) is 14.0. The van der Waals surface area contributed by atoms with Gasteiger partial charge in [0, 0.05) is 24.5 Å². The molecule has 0 aromatic heterocycles. The Morgan fingerprint density at radius 1 is 1.12 bits per heavy atom. The van der Waals surface area contributed by atoms with Gasteiger partial charge in [0.05, 0.1) is 0 Å². The third kappa shape index (κ3) is 3.77. The van der Waals surface area contributed by atoms with Crippen molar-refractivity contribution >= 4 is 23.4 Å². The number of hydrogen-bond acceptors (Lipinski definition) is 2. The highest BCUT2D eigenvalue weighted by Gasteiger charge is 2.33. The summed E-state index contributed by atoms with van der Waals surface area (Å²) in [5.74, 6) is -0.148. The first-order chi connectivity index (χ1) is 11.6. The summed E-state index contributed by atoms with van der Waals surface area (Å²) in [7, 11) is 0. The highest BCUT2D eigenvalue weighted by atomic mass is 35.5. The van der Waals surface area contributed by atoms with Crippen LogP contribution in [0.1, 0.15) is 23.6 Å². The molecule has 1 aliphatic rings. The summed E-state index contributed by atoms with van der Waals surface area (Å²) in [6.07, 6.45) is 1.06. The number of carbonyl (C=O) groups excluding carboxylic acids is 2. The van der Waals surface area contributed by atoms with Gasteiger partial charge >= 0.3 is 0 Å². The van der Waals surface area contributed by atoms with Crippen LogP contribution in [0.15, 0.2) is 54.6 Å². The molecule has 0 bridgehead atoms. The Hall–Kier alpha value is -2.33. The molecule has 0 spiro atoms. The van der Waals surface area contributed by atoms with Crippen molar-refractivity contribution in [3.63, 3.8) is 0 Å². The molecule has 2 aromatic rings. The Kier molecular flexibility index (Phi) is 5.16. The second-order valence-electron chi connectivity index (χ2n) is 5.82. The SMILES string of the molecule is O=C1NCCN(C(=O)CCc2ccccc2)C1c1ccc(Cl)cc1. The van der Waals surface area contributed by atoms with Gasteiger partial charge in [-0.1, -0.05) is 54.1 Å². The quantitative estimate of drug-likeness (QED) is 0.928. The van der Waals surface area contributed by atoms with E-state index in [0.29, 0.717) is 31.0 Å². The largest absolute Gasteiger partial charge is 0.352 e. The van der Waals surface area contributed by atoms with Gasteiger partial charge in [-0.3, -0.25) is 9.59 Å². The monoisotopic (exact) mass is 342 g/mol. The van der Waals surface area contributed by atoms with Gasteiger partial charge in [-0.05, 0) is 29.7 Å². The fourth-order valence-electron chi connectivity index (χ4n) is 2.95. The lowest BCUT2D eigenvalue weighted by atomic mass is 10.0. The molecule has 0 radical (unpaired) electrons. The molecule has 0 saturated carbocycles. The van der Waals surface area contributed by atoms with Gasteiger partial charge in [-0.25, -0.2) is 0 Å². The third-order valence-corrected chi connectivity index (χ3v) is 4.44. The number of amides is 2. The zero-order chi connectivity index (χ0) is 16.9. The molecule has 1 saturated heterocycles. The van der Waals surface area contributed by atoms with Crippen molar-refractivity contribution in [3.8, 4) is 0 Å². The molecule has 1 N–H and O–H groups in total. The lowest BCUT2D eigenvalue weighted by Crippen LogP contribution is -2.52. The Morgan fingerprint density at radius 3 is 2.54 bits per heavy atom. The van der Waals surface area contributed by atoms with Gasteiger partial charge in [0.25, 0.3) is 0 Å². The minimum absolute atomic E-state index is 0.00588. The third-order valence-electron chi connectivity index (χ3n) is 4.19. The van der Waals surface area contributed by atoms with Crippen LogP contribution in [-0.4, -0.2) is 29.8 Å². The molecule has 1 aliphatic heterocycles. The van der Waals surface area contributed by atoms with E-state index in [4.69, 9.17) is 11.6 Å². The van der Waals surface area contributed by atoms with Crippen molar-refractivity contribution < 1.29 is 9.59 Å². The fraction of sp³-hybridized carbons (Fsp3) is 0.263. The normalized spacial score (nSPS) is 17.5. The molecule has 2 amide bonds. The number of nitrogens with one attached hydrogen (secondary N) is 1. The van der Waals surface area contributed by atoms with Crippen molar-refractivity contribution in [3.05, 3.63) is 70.7 Å². The summed E-state index contributed by atoms with van der Waals surface area (Å²) in [4.78, 5) is 26.7. The van der Waals surface area contributed by atoms with Gasteiger partial charge < -0.3 is 10.2 Å². The number of piperazine rings is 1. The van der Waals surface area contributed by atoms with E-state index in [1.54, 1.807) is 29.2 Å². The molecule has 1 fully saturated rings. The Morgan fingerprint density at radius 2 is 1.83 bits per heavy atom. The Balaban J connectivity index is 1.74. The van der Waals surface area contributed by atoms with Gasteiger partial charge in [-0.2, -0.15) is 0 Å². The summed E-state index contributed by atoms with van der Waals surface area (Å²) in [6.45, 7) is 1.01. The number of hydrogen-bond donors (Lipinski definition) is 1. The van der Waals surface area contributed by atoms with E-state index < -0.39 is 6.04 Å². The number of carbonyl (C=O) groups is 2. The molecule has 3 rings (SSSR count). The maximum Gasteiger partial charge on any atom is 0.247 e. The first-order valence-corrected chi connectivity index (χ1v) is 8.39. The fourth-order valence-corrected chi connectivity index (χ4v) is 3.08. The van der Waals surface area contributed by atoms with Gasteiger partial charge in [0.1, 0.15) is 6.04 Å². The maximum atomic E-state index is 12.7. The van der Waals surface area contributed by atoms with Crippen molar-refractivity contribution in [1.82, 2.24) is 10.2 Å². The summed E-state index contributed by atoms with van der Waals surface area (Å²) in [6, 6.07) is 16.4. The van der Waals surface area contributed by atoms with Crippen LogP contribution in [0.4, 0.5) is 0 Å².